The van der Waals surface area contributed by atoms with E-state index < -0.39 is 23.3 Å². The van der Waals surface area contributed by atoms with E-state index in [9.17, 15) is 14.0 Å². The van der Waals surface area contributed by atoms with Crippen molar-refractivity contribution in [3.8, 4) is 0 Å². The number of carbonyl (C=O) groups is 1. The van der Waals surface area contributed by atoms with Crippen LogP contribution < -0.4 is 10.9 Å². The van der Waals surface area contributed by atoms with E-state index in [2.05, 4.69) is 10.3 Å². The second-order valence-electron chi connectivity index (χ2n) is 7.44. The van der Waals surface area contributed by atoms with Crippen molar-refractivity contribution in [1.29, 1.82) is 0 Å². The lowest BCUT2D eigenvalue weighted by molar-refractivity contribution is -0.122. The van der Waals surface area contributed by atoms with Crippen LogP contribution >= 0.6 is 0 Å². The Morgan fingerprint density at radius 2 is 1.81 bits per heavy atom. The van der Waals surface area contributed by atoms with Gasteiger partial charge < -0.3 is 9.73 Å². The molecule has 0 aliphatic rings. The van der Waals surface area contributed by atoms with Gasteiger partial charge in [-0.05, 0) is 35.9 Å². The molecule has 0 saturated carbocycles. The monoisotopic (exact) mass is 427 g/mol. The number of rotatable bonds is 5. The van der Waals surface area contributed by atoms with Crippen LogP contribution in [0.3, 0.4) is 0 Å². The van der Waals surface area contributed by atoms with Crippen molar-refractivity contribution in [1.82, 2.24) is 14.9 Å². The van der Waals surface area contributed by atoms with Gasteiger partial charge in [-0.1, -0.05) is 48.5 Å². The van der Waals surface area contributed by atoms with Crippen molar-refractivity contribution in [2.45, 2.75) is 12.6 Å². The number of benzene rings is 3. The SMILES string of the molecule is O=C(Cn1cnc2ccc(F)cc2c1=O)N[C@@H](c1ccccc1)c1cc2ccccc2o1. The van der Waals surface area contributed by atoms with Crippen molar-refractivity contribution >= 4 is 27.8 Å². The first kappa shape index (κ1) is 19.7. The van der Waals surface area contributed by atoms with E-state index in [0.717, 1.165) is 27.2 Å². The molecule has 1 N–H and O–H groups in total. The number of hydrogen-bond donors (Lipinski definition) is 1. The van der Waals surface area contributed by atoms with E-state index in [4.69, 9.17) is 4.42 Å². The Bertz CT molecular complexity index is 1460. The third-order valence-corrected chi connectivity index (χ3v) is 5.27. The molecule has 0 aliphatic heterocycles. The first-order chi connectivity index (χ1) is 15.6. The third kappa shape index (κ3) is 3.76. The maximum absolute atomic E-state index is 13.6. The second kappa shape index (κ2) is 8.11. The number of aromatic nitrogens is 2. The summed E-state index contributed by atoms with van der Waals surface area (Å²) in [5.74, 6) is -0.358. The Labute approximate surface area is 181 Å². The fourth-order valence-corrected chi connectivity index (χ4v) is 3.71. The highest BCUT2D eigenvalue weighted by Gasteiger charge is 2.21. The standard InChI is InChI=1S/C25H18FN3O3/c26-18-10-11-20-19(13-18)25(31)29(15-27-20)14-23(30)28-24(16-6-2-1-3-7-16)22-12-17-8-4-5-9-21(17)32-22/h1-13,15,24H,14H2,(H,28,30)/t24-/m0/s1. The molecule has 0 fully saturated rings. The summed E-state index contributed by atoms with van der Waals surface area (Å²) in [6, 6.07) is 22.2. The minimum absolute atomic E-state index is 0.122. The predicted octanol–water partition coefficient (Wildman–Crippen LogP) is 4.19. The van der Waals surface area contributed by atoms with Gasteiger partial charge in [-0.3, -0.25) is 14.2 Å². The van der Waals surface area contributed by atoms with Crippen LogP contribution in [0.25, 0.3) is 21.9 Å². The van der Waals surface area contributed by atoms with Gasteiger partial charge in [0.2, 0.25) is 5.91 Å². The molecule has 3 aromatic carbocycles. The third-order valence-electron chi connectivity index (χ3n) is 5.27. The van der Waals surface area contributed by atoms with Gasteiger partial charge in [0.1, 0.15) is 29.7 Å². The number of nitrogens with zero attached hydrogens (tertiary/aromatic N) is 2. The van der Waals surface area contributed by atoms with Gasteiger partial charge in [0.15, 0.2) is 0 Å². The Morgan fingerprint density at radius 1 is 1.03 bits per heavy atom. The number of carbonyl (C=O) groups excluding carboxylic acids is 1. The molecule has 7 heteroatoms. The van der Waals surface area contributed by atoms with Crippen LogP contribution in [0.15, 0.2) is 94.4 Å². The van der Waals surface area contributed by atoms with Crippen molar-refractivity contribution in [3.05, 3.63) is 113 Å². The molecule has 1 amide bonds. The number of halogens is 1. The molecule has 0 spiro atoms. The molecule has 0 bridgehead atoms. The Kier molecular flexibility index (Phi) is 4.99. The quantitative estimate of drug-likeness (QED) is 0.456. The van der Waals surface area contributed by atoms with Crippen LogP contribution in [0.5, 0.6) is 0 Å². The zero-order valence-corrected chi connectivity index (χ0v) is 16.9. The number of hydrogen-bond acceptors (Lipinski definition) is 4. The molecular weight excluding hydrogens is 409 g/mol. The lowest BCUT2D eigenvalue weighted by atomic mass is 10.0. The van der Waals surface area contributed by atoms with E-state index in [1.54, 1.807) is 0 Å². The molecule has 158 valence electrons. The normalized spacial score (nSPS) is 12.2. The molecule has 0 unspecified atom stereocenters. The van der Waals surface area contributed by atoms with Crippen molar-refractivity contribution in [2.24, 2.45) is 0 Å². The van der Waals surface area contributed by atoms with E-state index in [0.29, 0.717) is 11.3 Å². The molecule has 0 radical (unpaired) electrons. The van der Waals surface area contributed by atoms with Crippen LogP contribution in [0.1, 0.15) is 17.4 Å². The molecular formula is C25H18FN3O3. The molecule has 32 heavy (non-hydrogen) atoms. The summed E-state index contributed by atoms with van der Waals surface area (Å²) >= 11 is 0. The topological polar surface area (TPSA) is 77.1 Å². The Balaban J connectivity index is 1.46. The Hall–Kier alpha value is -4.26. The highest BCUT2D eigenvalue weighted by atomic mass is 19.1. The van der Waals surface area contributed by atoms with Crippen LogP contribution in [0, 0.1) is 5.82 Å². The van der Waals surface area contributed by atoms with Crippen LogP contribution in [0.4, 0.5) is 4.39 Å². The number of para-hydroxylation sites is 1. The molecule has 1 atom stereocenters. The van der Waals surface area contributed by atoms with E-state index in [1.165, 1.54) is 18.5 Å². The number of furan rings is 1. The van der Waals surface area contributed by atoms with Gasteiger partial charge in [0, 0.05) is 5.39 Å². The zero-order valence-electron chi connectivity index (χ0n) is 16.9. The number of amides is 1. The summed E-state index contributed by atoms with van der Waals surface area (Å²) in [5.41, 5.74) is 1.45. The summed E-state index contributed by atoms with van der Waals surface area (Å²) in [5, 5.41) is 4.00. The maximum atomic E-state index is 13.6. The number of fused-ring (bicyclic) bond motifs is 2. The molecule has 2 aromatic heterocycles. The highest BCUT2D eigenvalue weighted by Crippen LogP contribution is 2.28. The molecule has 5 rings (SSSR count). The van der Waals surface area contributed by atoms with Crippen molar-refractivity contribution in [2.75, 3.05) is 0 Å². The van der Waals surface area contributed by atoms with E-state index in [-0.39, 0.29) is 11.9 Å². The summed E-state index contributed by atoms with van der Waals surface area (Å²) in [6.45, 7) is -0.262. The van der Waals surface area contributed by atoms with Gasteiger partial charge in [0.05, 0.1) is 17.2 Å². The Morgan fingerprint density at radius 3 is 2.62 bits per heavy atom. The van der Waals surface area contributed by atoms with Crippen molar-refractivity contribution in [3.63, 3.8) is 0 Å². The van der Waals surface area contributed by atoms with Crippen LogP contribution in [-0.2, 0) is 11.3 Å². The largest absolute Gasteiger partial charge is 0.459 e. The van der Waals surface area contributed by atoms with Gasteiger partial charge >= 0.3 is 0 Å². The van der Waals surface area contributed by atoms with Crippen LogP contribution in [-0.4, -0.2) is 15.5 Å². The predicted molar refractivity (Wildman–Crippen MR) is 119 cm³/mol. The van der Waals surface area contributed by atoms with Crippen molar-refractivity contribution < 1.29 is 13.6 Å². The van der Waals surface area contributed by atoms with E-state index in [1.807, 2.05) is 60.7 Å². The second-order valence-corrected chi connectivity index (χ2v) is 7.44. The summed E-state index contributed by atoms with van der Waals surface area (Å²) < 4.78 is 20.7. The first-order valence-electron chi connectivity index (χ1n) is 10.1. The zero-order chi connectivity index (χ0) is 22.1. The smallest absolute Gasteiger partial charge is 0.261 e. The minimum Gasteiger partial charge on any atom is -0.459 e. The molecule has 0 aliphatic carbocycles. The molecule has 6 nitrogen and oxygen atoms in total. The van der Waals surface area contributed by atoms with E-state index >= 15 is 0 Å². The fourth-order valence-electron chi connectivity index (χ4n) is 3.71. The average molecular weight is 427 g/mol. The maximum Gasteiger partial charge on any atom is 0.261 e. The summed E-state index contributed by atoms with van der Waals surface area (Å²) in [4.78, 5) is 29.8. The summed E-state index contributed by atoms with van der Waals surface area (Å²) in [7, 11) is 0. The highest BCUT2D eigenvalue weighted by molar-refractivity contribution is 5.80. The summed E-state index contributed by atoms with van der Waals surface area (Å²) in [6.07, 6.45) is 1.29. The minimum atomic E-state index is -0.544. The van der Waals surface area contributed by atoms with Crippen LogP contribution in [0.2, 0.25) is 0 Å². The van der Waals surface area contributed by atoms with Gasteiger partial charge in [-0.25, -0.2) is 9.37 Å². The first-order valence-corrected chi connectivity index (χ1v) is 10.1. The van der Waals surface area contributed by atoms with Gasteiger partial charge in [0.25, 0.3) is 5.56 Å². The van der Waals surface area contributed by atoms with Gasteiger partial charge in [-0.2, -0.15) is 0 Å². The number of nitrogens with one attached hydrogen (secondary N) is 1. The molecule has 0 saturated heterocycles. The molecule has 5 aromatic rings. The average Bonchev–Trinajstić information content (AvgIpc) is 3.24. The lowest BCUT2D eigenvalue weighted by Gasteiger charge is -2.17. The lowest BCUT2D eigenvalue weighted by Crippen LogP contribution is -2.35. The van der Waals surface area contributed by atoms with Gasteiger partial charge in [-0.15, -0.1) is 0 Å². The molecule has 2 heterocycles. The fraction of sp³-hybridized carbons (Fsp3) is 0.0800.